The van der Waals surface area contributed by atoms with E-state index in [-0.39, 0.29) is 6.42 Å². The summed E-state index contributed by atoms with van der Waals surface area (Å²) in [6, 6.07) is 0. The normalized spacial score (nSPS) is 15.1. The standard InChI is InChI=1S/C8H16O5/c1-2-3-4-7(11)13-8(12)6(10)5-9/h6,8-10,12H,2-5H2,1H3. The summed E-state index contributed by atoms with van der Waals surface area (Å²) in [6.45, 7) is 1.29. The lowest BCUT2D eigenvalue weighted by molar-refractivity contribution is -0.190. The van der Waals surface area contributed by atoms with E-state index in [0.717, 1.165) is 6.42 Å². The van der Waals surface area contributed by atoms with Gasteiger partial charge in [-0.25, -0.2) is 0 Å². The molecule has 0 radical (unpaired) electrons. The lowest BCUT2D eigenvalue weighted by Gasteiger charge is -2.15. The minimum atomic E-state index is -1.63. The number of aliphatic hydroxyl groups is 3. The SMILES string of the molecule is CCCCC(=O)OC(O)C(O)CO. The molecule has 0 aliphatic rings. The van der Waals surface area contributed by atoms with Gasteiger partial charge >= 0.3 is 5.97 Å². The van der Waals surface area contributed by atoms with Crippen molar-refractivity contribution in [1.82, 2.24) is 0 Å². The van der Waals surface area contributed by atoms with Crippen molar-refractivity contribution in [3.05, 3.63) is 0 Å². The molecular formula is C8H16O5. The highest BCUT2D eigenvalue weighted by molar-refractivity contribution is 5.69. The molecule has 0 spiro atoms. The van der Waals surface area contributed by atoms with Crippen molar-refractivity contribution in [2.45, 2.75) is 38.6 Å². The second-order valence-electron chi connectivity index (χ2n) is 2.73. The van der Waals surface area contributed by atoms with Crippen LogP contribution in [0.2, 0.25) is 0 Å². The first-order chi connectivity index (χ1) is 6.11. The third kappa shape index (κ3) is 5.57. The Kier molecular flexibility index (Phi) is 6.48. The Labute approximate surface area is 77.0 Å². The Morgan fingerprint density at radius 2 is 2.08 bits per heavy atom. The second-order valence-corrected chi connectivity index (χ2v) is 2.73. The Morgan fingerprint density at radius 1 is 1.46 bits per heavy atom. The van der Waals surface area contributed by atoms with Gasteiger partial charge in [0.05, 0.1) is 6.61 Å². The molecular weight excluding hydrogens is 176 g/mol. The van der Waals surface area contributed by atoms with Gasteiger partial charge in [-0.3, -0.25) is 4.79 Å². The highest BCUT2D eigenvalue weighted by Gasteiger charge is 2.18. The maximum absolute atomic E-state index is 10.9. The first kappa shape index (κ1) is 12.3. The van der Waals surface area contributed by atoms with Gasteiger partial charge in [-0.1, -0.05) is 13.3 Å². The third-order valence-electron chi connectivity index (χ3n) is 1.50. The smallest absolute Gasteiger partial charge is 0.308 e. The summed E-state index contributed by atoms with van der Waals surface area (Å²) >= 11 is 0. The zero-order chi connectivity index (χ0) is 10.3. The predicted octanol–water partition coefficient (Wildman–Crippen LogP) is -0.609. The van der Waals surface area contributed by atoms with E-state index in [1.54, 1.807) is 0 Å². The maximum atomic E-state index is 10.9. The minimum Gasteiger partial charge on any atom is -0.433 e. The molecule has 5 heteroatoms. The van der Waals surface area contributed by atoms with Crippen LogP contribution in [0, 0.1) is 0 Å². The summed E-state index contributed by atoms with van der Waals surface area (Å²) in [4.78, 5) is 10.9. The van der Waals surface area contributed by atoms with Crippen LogP contribution in [0.3, 0.4) is 0 Å². The Balaban J connectivity index is 3.64. The largest absolute Gasteiger partial charge is 0.433 e. The molecule has 0 saturated carbocycles. The van der Waals surface area contributed by atoms with Gasteiger partial charge < -0.3 is 20.1 Å². The van der Waals surface area contributed by atoms with Gasteiger partial charge in [0.2, 0.25) is 6.29 Å². The number of carbonyl (C=O) groups is 1. The van der Waals surface area contributed by atoms with Crippen LogP contribution < -0.4 is 0 Å². The lowest BCUT2D eigenvalue weighted by Crippen LogP contribution is -2.33. The lowest BCUT2D eigenvalue weighted by atomic mass is 10.2. The minimum absolute atomic E-state index is 0.214. The summed E-state index contributed by atoms with van der Waals surface area (Å²) in [5.74, 6) is -0.568. The van der Waals surface area contributed by atoms with Crippen LogP contribution in [0.5, 0.6) is 0 Å². The molecule has 0 aromatic rings. The molecule has 78 valence electrons. The number of esters is 1. The van der Waals surface area contributed by atoms with Gasteiger partial charge in [-0.2, -0.15) is 0 Å². The van der Waals surface area contributed by atoms with Crippen LogP contribution in [0.15, 0.2) is 0 Å². The van der Waals surface area contributed by atoms with Crippen molar-refractivity contribution >= 4 is 5.97 Å². The van der Waals surface area contributed by atoms with E-state index >= 15 is 0 Å². The Morgan fingerprint density at radius 3 is 2.54 bits per heavy atom. The number of hydrogen-bond acceptors (Lipinski definition) is 5. The van der Waals surface area contributed by atoms with Crippen LogP contribution in [-0.2, 0) is 9.53 Å². The summed E-state index contributed by atoms with van der Waals surface area (Å²) in [7, 11) is 0. The molecule has 0 bridgehead atoms. The highest BCUT2D eigenvalue weighted by atomic mass is 16.6. The molecule has 3 N–H and O–H groups in total. The molecule has 0 rings (SSSR count). The second kappa shape index (κ2) is 6.82. The van der Waals surface area contributed by atoms with Crippen LogP contribution >= 0.6 is 0 Å². The van der Waals surface area contributed by atoms with E-state index in [1.165, 1.54) is 0 Å². The molecule has 2 unspecified atom stereocenters. The first-order valence-electron chi connectivity index (χ1n) is 4.28. The van der Waals surface area contributed by atoms with E-state index in [1.807, 2.05) is 6.92 Å². The Hall–Kier alpha value is -0.650. The third-order valence-corrected chi connectivity index (χ3v) is 1.50. The van der Waals surface area contributed by atoms with Crippen molar-refractivity contribution in [3.63, 3.8) is 0 Å². The molecule has 0 aliphatic heterocycles. The van der Waals surface area contributed by atoms with Crippen LogP contribution in [0.4, 0.5) is 0 Å². The van der Waals surface area contributed by atoms with Crippen LogP contribution in [0.25, 0.3) is 0 Å². The maximum Gasteiger partial charge on any atom is 0.308 e. The first-order valence-corrected chi connectivity index (χ1v) is 4.28. The monoisotopic (exact) mass is 192 g/mol. The van der Waals surface area contributed by atoms with Gasteiger partial charge in [-0.05, 0) is 6.42 Å². The molecule has 5 nitrogen and oxygen atoms in total. The number of ether oxygens (including phenoxy) is 1. The number of carbonyl (C=O) groups excluding carboxylic acids is 1. The van der Waals surface area contributed by atoms with E-state index in [0.29, 0.717) is 6.42 Å². The van der Waals surface area contributed by atoms with Gasteiger partial charge in [0.15, 0.2) is 0 Å². The zero-order valence-corrected chi connectivity index (χ0v) is 7.64. The summed E-state index contributed by atoms with van der Waals surface area (Å²) in [5.41, 5.74) is 0. The van der Waals surface area contributed by atoms with E-state index in [2.05, 4.69) is 4.74 Å². The van der Waals surface area contributed by atoms with Crippen LogP contribution in [-0.4, -0.2) is 40.3 Å². The fourth-order valence-corrected chi connectivity index (χ4v) is 0.683. The van der Waals surface area contributed by atoms with Crippen molar-refractivity contribution in [2.24, 2.45) is 0 Å². The summed E-state index contributed by atoms with van der Waals surface area (Å²) in [5, 5.41) is 26.2. The van der Waals surface area contributed by atoms with Gasteiger partial charge in [-0.15, -0.1) is 0 Å². The van der Waals surface area contributed by atoms with Crippen molar-refractivity contribution < 1.29 is 24.9 Å². The molecule has 0 aromatic heterocycles. The number of unbranched alkanes of at least 4 members (excludes halogenated alkanes) is 1. The molecule has 0 aromatic carbocycles. The summed E-state index contributed by atoms with van der Waals surface area (Å²) < 4.78 is 4.41. The van der Waals surface area contributed by atoms with Gasteiger partial charge in [0.25, 0.3) is 0 Å². The van der Waals surface area contributed by atoms with Crippen molar-refractivity contribution in [1.29, 1.82) is 0 Å². The average molecular weight is 192 g/mol. The molecule has 13 heavy (non-hydrogen) atoms. The topological polar surface area (TPSA) is 87.0 Å². The fraction of sp³-hybridized carbons (Fsp3) is 0.875. The van der Waals surface area contributed by atoms with Gasteiger partial charge in [0.1, 0.15) is 6.10 Å². The molecule has 0 aliphatic carbocycles. The average Bonchev–Trinajstić information content (AvgIpc) is 2.13. The molecule has 0 heterocycles. The number of rotatable bonds is 6. The molecule has 0 saturated heterocycles. The molecule has 0 amide bonds. The number of aliphatic hydroxyl groups excluding tert-OH is 3. The Bertz CT molecular complexity index is 147. The quantitative estimate of drug-likeness (QED) is 0.386. The molecule has 0 fully saturated rings. The van der Waals surface area contributed by atoms with Gasteiger partial charge in [0, 0.05) is 6.42 Å². The van der Waals surface area contributed by atoms with E-state index in [9.17, 15) is 4.79 Å². The molecule has 2 atom stereocenters. The van der Waals surface area contributed by atoms with Crippen molar-refractivity contribution in [3.8, 4) is 0 Å². The summed E-state index contributed by atoms with van der Waals surface area (Å²) in [6.07, 6.45) is -1.31. The highest BCUT2D eigenvalue weighted by Crippen LogP contribution is 2.01. The number of hydrogen-bond donors (Lipinski definition) is 3. The fourth-order valence-electron chi connectivity index (χ4n) is 0.683. The van der Waals surface area contributed by atoms with Crippen LogP contribution in [0.1, 0.15) is 26.2 Å². The zero-order valence-electron chi connectivity index (χ0n) is 7.64. The van der Waals surface area contributed by atoms with E-state index < -0.39 is 25.0 Å². The van der Waals surface area contributed by atoms with Crippen molar-refractivity contribution in [2.75, 3.05) is 6.61 Å². The van der Waals surface area contributed by atoms with E-state index in [4.69, 9.17) is 15.3 Å². The predicted molar refractivity (Wildman–Crippen MR) is 44.7 cm³/mol.